The van der Waals surface area contributed by atoms with Crippen molar-refractivity contribution >= 4 is 17.4 Å². The minimum Gasteiger partial charge on any atom is -0.385 e. The minimum atomic E-state index is -0.659. The summed E-state index contributed by atoms with van der Waals surface area (Å²) in [7, 11) is 2.18. The first-order chi connectivity index (χ1) is 16.0. The van der Waals surface area contributed by atoms with Crippen LogP contribution >= 0.6 is 0 Å². The molecule has 176 valence electrons. The average molecular weight is 449 g/mol. The third-order valence-corrected chi connectivity index (χ3v) is 7.69. The van der Waals surface area contributed by atoms with E-state index < -0.39 is 5.60 Å². The highest BCUT2D eigenvalue weighted by Gasteiger charge is 2.36. The van der Waals surface area contributed by atoms with E-state index >= 15 is 0 Å². The molecule has 6 nitrogen and oxygen atoms in total. The van der Waals surface area contributed by atoms with Gasteiger partial charge in [-0.05, 0) is 68.5 Å². The first-order valence-corrected chi connectivity index (χ1v) is 12.4. The van der Waals surface area contributed by atoms with Crippen molar-refractivity contribution in [3.63, 3.8) is 0 Å². The van der Waals surface area contributed by atoms with Gasteiger partial charge in [0.25, 0.3) is 0 Å². The number of carbonyl (C=O) groups is 1. The molecule has 2 saturated heterocycles. The molecule has 2 aliphatic heterocycles. The van der Waals surface area contributed by atoms with Crippen molar-refractivity contribution in [3.8, 4) is 0 Å². The molecule has 0 atom stereocenters. The molecule has 0 aromatic heterocycles. The Labute approximate surface area is 197 Å². The molecule has 1 saturated carbocycles. The molecule has 2 heterocycles. The van der Waals surface area contributed by atoms with Crippen molar-refractivity contribution in [1.82, 2.24) is 9.80 Å². The second-order valence-corrected chi connectivity index (χ2v) is 9.88. The summed E-state index contributed by atoms with van der Waals surface area (Å²) >= 11 is 0. The number of anilines is 2. The maximum absolute atomic E-state index is 13.3. The Balaban J connectivity index is 1.24. The fraction of sp³-hybridized carbons (Fsp3) is 0.519. The average Bonchev–Trinajstić information content (AvgIpc) is 2.83. The highest BCUT2D eigenvalue weighted by Crippen LogP contribution is 2.41. The summed E-state index contributed by atoms with van der Waals surface area (Å²) in [5, 5.41) is 10.6. The van der Waals surface area contributed by atoms with Gasteiger partial charge in [-0.25, -0.2) is 4.79 Å². The quantitative estimate of drug-likeness (QED) is 0.732. The van der Waals surface area contributed by atoms with Crippen LogP contribution in [0.15, 0.2) is 48.5 Å². The van der Waals surface area contributed by atoms with Gasteiger partial charge in [0.1, 0.15) is 0 Å². The molecule has 3 fully saturated rings. The maximum Gasteiger partial charge on any atom is 0.324 e. The lowest BCUT2D eigenvalue weighted by Gasteiger charge is -2.38. The lowest BCUT2D eigenvalue weighted by molar-refractivity contribution is -0.0387. The maximum atomic E-state index is 13.3. The van der Waals surface area contributed by atoms with Crippen LogP contribution in [0.4, 0.5) is 16.2 Å². The van der Waals surface area contributed by atoms with Gasteiger partial charge in [0.15, 0.2) is 0 Å². The molecule has 2 amide bonds. The number of benzene rings is 2. The van der Waals surface area contributed by atoms with Gasteiger partial charge in [-0.1, -0.05) is 30.3 Å². The highest BCUT2D eigenvalue weighted by molar-refractivity contribution is 5.92. The van der Waals surface area contributed by atoms with Crippen LogP contribution < -0.4 is 9.80 Å². The zero-order valence-corrected chi connectivity index (χ0v) is 19.7. The molecule has 0 radical (unpaired) electrons. The smallest absolute Gasteiger partial charge is 0.324 e. The normalized spacial score (nSPS) is 21.3. The van der Waals surface area contributed by atoms with Gasteiger partial charge in [0, 0.05) is 57.2 Å². The van der Waals surface area contributed by atoms with E-state index in [1.807, 2.05) is 34.1 Å². The van der Waals surface area contributed by atoms with E-state index in [0.717, 1.165) is 89.2 Å². The van der Waals surface area contributed by atoms with Crippen LogP contribution in [0.2, 0.25) is 0 Å². The van der Waals surface area contributed by atoms with Gasteiger partial charge in [-0.3, -0.25) is 4.90 Å². The van der Waals surface area contributed by atoms with Gasteiger partial charge in [0.2, 0.25) is 0 Å². The molecule has 2 aromatic carbocycles. The van der Waals surface area contributed by atoms with Gasteiger partial charge in [0.05, 0.1) is 5.60 Å². The number of para-hydroxylation sites is 1. The molecular weight excluding hydrogens is 412 g/mol. The Morgan fingerprint density at radius 3 is 2.30 bits per heavy atom. The second-order valence-electron chi connectivity index (χ2n) is 9.88. The number of amides is 2. The summed E-state index contributed by atoms with van der Waals surface area (Å²) in [5.74, 6) is 0. The first kappa shape index (κ1) is 22.2. The predicted molar refractivity (Wildman–Crippen MR) is 133 cm³/mol. The largest absolute Gasteiger partial charge is 0.385 e. The molecule has 6 heteroatoms. The number of rotatable bonds is 6. The van der Waals surface area contributed by atoms with Crippen molar-refractivity contribution in [3.05, 3.63) is 59.7 Å². The molecule has 1 N–H and O–H groups in total. The number of piperazine rings is 1. The summed E-state index contributed by atoms with van der Waals surface area (Å²) in [4.78, 5) is 22.1. The van der Waals surface area contributed by atoms with Crippen LogP contribution in [0, 0.1) is 0 Å². The topological polar surface area (TPSA) is 50.3 Å². The number of aliphatic hydroxyl groups is 1. The summed E-state index contributed by atoms with van der Waals surface area (Å²) in [6, 6.07) is 16.7. The Hall–Kier alpha value is -2.57. The Morgan fingerprint density at radius 1 is 0.879 bits per heavy atom. The molecule has 0 spiro atoms. The van der Waals surface area contributed by atoms with Crippen molar-refractivity contribution in [2.24, 2.45) is 0 Å². The van der Waals surface area contributed by atoms with E-state index in [0.29, 0.717) is 0 Å². The van der Waals surface area contributed by atoms with Crippen LogP contribution in [-0.4, -0.2) is 73.8 Å². The van der Waals surface area contributed by atoms with Gasteiger partial charge in [-0.2, -0.15) is 0 Å². The van der Waals surface area contributed by atoms with Crippen LogP contribution in [0.25, 0.3) is 0 Å². The Bertz CT molecular complexity index is 964. The third kappa shape index (κ3) is 4.59. The fourth-order valence-electron chi connectivity index (χ4n) is 5.31. The van der Waals surface area contributed by atoms with E-state index in [2.05, 4.69) is 41.1 Å². The molecule has 5 rings (SSSR count). The molecule has 1 aliphatic carbocycles. The number of hydrogen-bond donors (Lipinski definition) is 1. The number of likely N-dealkylation sites (N-methyl/N-ethyl adjacent to an activating group) is 1. The van der Waals surface area contributed by atoms with Crippen molar-refractivity contribution in [1.29, 1.82) is 0 Å². The van der Waals surface area contributed by atoms with Crippen molar-refractivity contribution in [2.45, 2.75) is 37.7 Å². The zero-order chi connectivity index (χ0) is 22.8. The highest BCUT2D eigenvalue weighted by atomic mass is 16.3. The standard InChI is InChI=1S/C27H36N4O2/c1-28-18-20-29(21-19-28)25-7-3-2-6-22(25)12-17-30-15-5-16-31(26(30)32)24-10-8-23(9-11-24)27(33)13-4-14-27/h2-3,6-11,33H,4-5,12-21H2,1H3. The van der Waals surface area contributed by atoms with Gasteiger partial charge >= 0.3 is 6.03 Å². The number of urea groups is 1. The molecular formula is C27H36N4O2. The summed E-state index contributed by atoms with van der Waals surface area (Å²) in [6.45, 7) is 6.57. The SMILES string of the molecule is CN1CCN(c2ccccc2CCN2CCCN(c3ccc(C4(O)CCC4)cc3)C2=O)CC1. The predicted octanol–water partition coefficient (Wildman–Crippen LogP) is 3.68. The molecule has 3 aliphatic rings. The summed E-state index contributed by atoms with van der Waals surface area (Å²) < 4.78 is 0. The van der Waals surface area contributed by atoms with E-state index in [9.17, 15) is 9.90 Å². The monoisotopic (exact) mass is 448 g/mol. The van der Waals surface area contributed by atoms with E-state index in [1.165, 1.54) is 11.3 Å². The lowest BCUT2D eigenvalue weighted by atomic mass is 9.75. The number of carbonyl (C=O) groups excluding carboxylic acids is 1. The third-order valence-electron chi connectivity index (χ3n) is 7.69. The van der Waals surface area contributed by atoms with Crippen molar-refractivity contribution in [2.75, 3.05) is 62.7 Å². The van der Waals surface area contributed by atoms with Crippen LogP contribution in [0.1, 0.15) is 36.8 Å². The summed E-state index contributed by atoms with van der Waals surface area (Å²) in [5.41, 5.74) is 3.88. The molecule has 0 unspecified atom stereocenters. The minimum absolute atomic E-state index is 0.0911. The van der Waals surface area contributed by atoms with E-state index in [4.69, 9.17) is 0 Å². The lowest BCUT2D eigenvalue weighted by Crippen LogP contribution is -2.50. The number of nitrogens with zero attached hydrogens (tertiary/aromatic N) is 4. The van der Waals surface area contributed by atoms with Gasteiger partial charge in [-0.15, -0.1) is 0 Å². The Kier molecular flexibility index (Phi) is 6.30. The fourth-order valence-corrected chi connectivity index (χ4v) is 5.31. The molecule has 0 bridgehead atoms. The van der Waals surface area contributed by atoms with Gasteiger partial charge < -0.3 is 19.8 Å². The first-order valence-electron chi connectivity index (χ1n) is 12.4. The van der Waals surface area contributed by atoms with Crippen molar-refractivity contribution < 1.29 is 9.90 Å². The van der Waals surface area contributed by atoms with Crippen LogP contribution in [0.5, 0.6) is 0 Å². The summed E-state index contributed by atoms with van der Waals surface area (Å²) in [6.07, 6.45) is 4.58. The molecule has 33 heavy (non-hydrogen) atoms. The zero-order valence-electron chi connectivity index (χ0n) is 19.7. The van der Waals surface area contributed by atoms with Crippen LogP contribution in [-0.2, 0) is 12.0 Å². The van der Waals surface area contributed by atoms with E-state index in [-0.39, 0.29) is 6.03 Å². The molecule has 2 aromatic rings. The number of hydrogen-bond acceptors (Lipinski definition) is 4. The van der Waals surface area contributed by atoms with E-state index in [1.54, 1.807) is 0 Å². The second kappa shape index (κ2) is 9.35. The van der Waals surface area contributed by atoms with Crippen LogP contribution in [0.3, 0.4) is 0 Å². The Morgan fingerprint density at radius 2 is 1.61 bits per heavy atom.